The number of nitrogens with two attached hydrogens (primary N) is 1. The minimum absolute atomic E-state index is 0.479. The number of ether oxygens (including phenoxy) is 1. The second-order valence-electron chi connectivity index (χ2n) is 4.99. The molecule has 0 atom stereocenters. The largest absolute Gasteiger partial charge is 0.476 e. The molecule has 0 saturated heterocycles. The van der Waals surface area contributed by atoms with Gasteiger partial charge in [-0.15, -0.1) is 0 Å². The topological polar surface area (TPSA) is 60.2 Å². The molecule has 0 aliphatic carbocycles. The Hall–Kier alpha value is -1.75. The molecule has 0 saturated carbocycles. The molecule has 0 amide bonds. The van der Waals surface area contributed by atoms with Crippen molar-refractivity contribution in [2.24, 2.45) is 0 Å². The van der Waals surface area contributed by atoms with E-state index in [4.69, 9.17) is 10.5 Å². The lowest BCUT2D eigenvalue weighted by Gasteiger charge is -2.12. The van der Waals surface area contributed by atoms with Crippen LogP contribution in [0.25, 0.3) is 0 Å². The van der Waals surface area contributed by atoms with Crippen LogP contribution in [0.3, 0.4) is 0 Å². The van der Waals surface area contributed by atoms with Gasteiger partial charge in [0.15, 0.2) is 0 Å². The maximum atomic E-state index is 5.87. The summed E-state index contributed by atoms with van der Waals surface area (Å²) in [4.78, 5) is 4.42. The maximum Gasteiger partial charge on any atom is 0.239 e. The first kappa shape index (κ1) is 15.6. The van der Waals surface area contributed by atoms with Gasteiger partial charge in [0, 0.05) is 10.2 Å². The summed E-state index contributed by atoms with van der Waals surface area (Å²) < 4.78 is 6.68. The van der Waals surface area contributed by atoms with Crippen LogP contribution in [-0.2, 0) is 0 Å². The van der Waals surface area contributed by atoms with Crippen LogP contribution in [0.15, 0.2) is 28.7 Å². The number of hydrogen-bond acceptors (Lipinski definition) is 4. The lowest BCUT2D eigenvalue weighted by atomic mass is 10.1. The Kier molecular flexibility index (Phi) is 5.07. The Labute approximate surface area is 133 Å². The van der Waals surface area contributed by atoms with E-state index in [1.807, 2.05) is 13.0 Å². The number of aromatic nitrogens is 1. The van der Waals surface area contributed by atoms with Gasteiger partial charge < -0.3 is 15.8 Å². The first-order chi connectivity index (χ1) is 10.0. The van der Waals surface area contributed by atoms with Crippen molar-refractivity contribution in [3.05, 3.63) is 39.9 Å². The fraction of sp³-hybridized carbons (Fsp3) is 0.312. The highest BCUT2D eigenvalue weighted by atomic mass is 79.9. The summed E-state index contributed by atoms with van der Waals surface area (Å²) in [6, 6.07) is 7.79. The number of halogens is 1. The van der Waals surface area contributed by atoms with Crippen LogP contribution in [0.1, 0.15) is 24.5 Å². The highest BCUT2D eigenvalue weighted by molar-refractivity contribution is 9.10. The number of nitrogen functional groups attached to an aromatic ring is 1. The number of aryl methyl sites for hydroxylation is 2. The first-order valence-corrected chi connectivity index (χ1v) is 7.73. The van der Waals surface area contributed by atoms with Crippen molar-refractivity contribution in [3.8, 4) is 5.88 Å². The van der Waals surface area contributed by atoms with Gasteiger partial charge in [0.05, 0.1) is 12.3 Å². The summed E-state index contributed by atoms with van der Waals surface area (Å²) in [5, 5.41) is 3.29. The van der Waals surface area contributed by atoms with Crippen LogP contribution in [0.2, 0.25) is 0 Å². The number of hydrogen-bond donors (Lipinski definition) is 2. The minimum atomic E-state index is 0.479. The number of nitrogens with zero attached hydrogens (tertiary/aromatic N) is 1. The van der Waals surface area contributed by atoms with Gasteiger partial charge in [-0.05, 0) is 55.7 Å². The summed E-state index contributed by atoms with van der Waals surface area (Å²) in [6.07, 6.45) is 0.921. The van der Waals surface area contributed by atoms with E-state index in [0.717, 1.165) is 22.4 Å². The normalized spacial score (nSPS) is 10.5. The van der Waals surface area contributed by atoms with Gasteiger partial charge in [-0.2, -0.15) is 4.98 Å². The average Bonchev–Trinajstić information content (AvgIpc) is 2.45. The molecule has 21 heavy (non-hydrogen) atoms. The summed E-state index contributed by atoms with van der Waals surface area (Å²) in [5.41, 5.74) is 9.77. The van der Waals surface area contributed by atoms with Crippen molar-refractivity contribution in [1.29, 1.82) is 0 Å². The fourth-order valence-electron chi connectivity index (χ4n) is 2.00. The molecule has 1 aromatic heterocycles. The second-order valence-corrected chi connectivity index (χ2v) is 5.78. The molecule has 0 unspecified atom stereocenters. The molecule has 0 bridgehead atoms. The predicted molar refractivity (Wildman–Crippen MR) is 91.3 cm³/mol. The molecule has 2 aromatic rings. The number of nitrogens with one attached hydrogen (secondary N) is 1. The molecule has 0 radical (unpaired) electrons. The third kappa shape index (κ3) is 3.88. The van der Waals surface area contributed by atoms with Gasteiger partial charge in [-0.25, -0.2) is 0 Å². The number of rotatable bonds is 5. The predicted octanol–water partition coefficient (Wildman–Crippen LogP) is 4.58. The smallest absolute Gasteiger partial charge is 0.239 e. The van der Waals surface area contributed by atoms with E-state index < -0.39 is 0 Å². The van der Waals surface area contributed by atoms with Gasteiger partial charge in [-0.3, -0.25) is 0 Å². The van der Waals surface area contributed by atoms with Crippen LogP contribution in [-0.4, -0.2) is 11.6 Å². The first-order valence-electron chi connectivity index (χ1n) is 6.94. The Bertz CT molecular complexity index is 620. The highest BCUT2D eigenvalue weighted by Gasteiger charge is 2.06. The quantitative estimate of drug-likeness (QED) is 0.829. The van der Waals surface area contributed by atoms with E-state index >= 15 is 0 Å². The maximum absolute atomic E-state index is 5.87. The van der Waals surface area contributed by atoms with Crippen LogP contribution in [0.4, 0.5) is 17.2 Å². The van der Waals surface area contributed by atoms with Crippen LogP contribution in [0, 0.1) is 13.8 Å². The molecule has 5 heteroatoms. The van der Waals surface area contributed by atoms with Crippen LogP contribution < -0.4 is 15.8 Å². The van der Waals surface area contributed by atoms with Crippen molar-refractivity contribution >= 4 is 33.1 Å². The molecule has 0 aliphatic rings. The zero-order valence-corrected chi connectivity index (χ0v) is 14.1. The third-order valence-corrected chi connectivity index (χ3v) is 4.29. The molecule has 1 heterocycles. The van der Waals surface area contributed by atoms with Crippen molar-refractivity contribution < 1.29 is 4.74 Å². The molecule has 0 spiro atoms. The Morgan fingerprint density at radius 3 is 2.52 bits per heavy atom. The van der Waals surface area contributed by atoms with Crippen molar-refractivity contribution in [1.82, 2.24) is 4.98 Å². The lowest BCUT2D eigenvalue weighted by molar-refractivity contribution is 0.307. The Morgan fingerprint density at radius 1 is 1.24 bits per heavy atom. The average molecular weight is 350 g/mol. The summed E-state index contributed by atoms with van der Waals surface area (Å²) in [7, 11) is 0. The summed E-state index contributed by atoms with van der Waals surface area (Å²) in [5.74, 6) is 1.20. The van der Waals surface area contributed by atoms with Gasteiger partial charge in [-0.1, -0.05) is 22.9 Å². The van der Waals surface area contributed by atoms with Crippen molar-refractivity contribution in [2.45, 2.75) is 27.2 Å². The van der Waals surface area contributed by atoms with Gasteiger partial charge >= 0.3 is 0 Å². The van der Waals surface area contributed by atoms with E-state index in [1.54, 1.807) is 6.07 Å². The zero-order valence-electron chi connectivity index (χ0n) is 12.5. The highest BCUT2D eigenvalue weighted by Crippen LogP contribution is 2.28. The van der Waals surface area contributed by atoms with E-state index in [0.29, 0.717) is 18.2 Å². The molecule has 0 aliphatic heterocycles. The van der Waals surface area contributed by atoms with E-state index in [2.05, 4.69) is 52.2 Å². The van der Waals surface area contributed by atoms with Crippen LogP contribution >= 0.6 is 15.9 Å². The Morgan fingerprint density at radius 2 is 1.90 bits per heavy atom. The number of anilines is 3. The number of benzene rings is 1. The fourth-order valence-corrected chi connectivity index (χ4v) is 2.23. The Balaban J connectivity index is 2.23. The molecular formula is C16H20BrN3O. The van der Waals surface area contributed by atoms with Gasteiger partial charge in [0.25, 0.3) is 0 Å². The van der Waals surface area contributed by atoms with E-state index in [-0.39, 0.29) is 0 Å². The van der Waals surface area contributed by atoms with E-state index in [9.17, 15) is 0 Å². The second kappa shape index (κ2) is 6.80. The van der Waals surface area contributed by atoms with Crippen molar-refractivity contribution in [2.75, 3.05) is 17.7 Å². The molecule has 112 valence electrons. The number of pyridine rings is 1. The SMILES string of the molecule is CCCOc1nc(Nc2cc(C)c(Br)c(C)c2)ccc1N. The van der Waals surface area contributed by atoms with Crippen molar-refractivity contribution in [3.63, 3.8) is 0 Å². The zero-order chi connectivity index (χ0) is 15.4. The standard InChI is InChI=1S/C16H20BrN3O/c1-4-7-21-16-13(18)5-6-14(20-16)19-12-8-10(2)15(17)11(3)9-12/h5-6,8-9H,4,7,18H2,1-3H3,(H,19,20). The summed E-state index contributed by atoms with van der Waals surface area (Å²) in [6.45, 7) is 6.78. The molecule has 3 N–H and O–H groups in total. The van der Waals surface area contributed by atoms with Gasteiger partial charge in [0.1, 0.15) is 5.82 Å². The molecule has 0 fully saturated rings. The van der Waals surface area contributed by atoms with E-state index in [1.165, 1.54) is 11.1 Å². The lowest BCUT2D eigenvalue weighted by Crippen LogP contribution is -2.03. The molecule has 1 aromatic carbocycles. The minimum Gasteiger partial charge on any atom is -0.476 e. The molecular weight excluding hydrogens is 330 g/mol. The molecule has 2 rings (SSSR count). The summed E-state index contributed by atoms with van der Waals surface area (Å²) >= 11 is 3.57. The van der Waals surface area contributed by atoms with Crippen LogP contribution in [0.5, 0.6) is 5.88 Å². The molecule has 4 nitrogen and oxygen atoms in total. The third-order valence-electron chi connectivity index (χ3n) is 3.04. The monoisotopic (exact) mass is 349 g/mol. The van der Waals surface area contributed by atoms with Gasteiger partial charge in [0.2, 0.25) is 5.88 Å².